The summed E-state index contributed by atoms with van der Waals surface area (Å²) in [6.07, 6.45) is 1.57. The molecule has 0 fully saturated rings. The van der Waals surface area contributed by atoms with Gasteiger partial charge < -0.3 is 9.47 Å². The zero-order valence-electron chi connectivity index (χ0n) is 15.6. The minimum absolute atomic E-state index is 0.443. The van der Waals surface area contributed by atoms with Crippen molar-refractivity contribution < 1.29 is 19.1 Å². The number of ether oxygens (including phenoxy) is 2. The van der Waals surface area contributed by atoms with Gasteiger partial charge in [-0.3, -0.25) is 9.59 Å². The monoisotopic (exact) mass is 370 g/mol. The quantitative estimate of drug-likeness (QED) is 0.447. The summed E-state index contributed by atoms with van der Waals surface area (Å²) in [7, 11) is 3.08. The molecule has 0 N–H and O–H groups in total. The number of rotatable bonds is 5. The molecule has 4 rings (SSSR count). The molecular formula is C24H18O4. The first-order valence-electron chi connectivity index (χ1n) is 8.83. The number of hydrogen-bond donors (Lipinski definition) is 0. The fourth-order valence-corrected chi connectivity index (χ4v) is 3.81. The lowest BCUT2D eigenvalue weighted by atomic mass is 9.89. The van der Waals surface area contributed by atoms with Gasteiger partial charge in [-0.15, -0.1) is 0 Å². The highest BCUT2D eigenvalue weighted by molar-refractivity contribution is 6.14. The van der Waals surface area contributed by atoms with Gasteiger partial charge in [0.25, 0.3) is 0 Å². The number of methoxy groups -OCH3 is 2. The van der Waals surface area contributed by atoms with Crippen LogP contribution >= 0.6 is 0 Å². The van der Waals surface area contributed by atoms with Crippen molar-refractivity contribution in [2.45, 2.75) is 0 Å². The Labute approximate surface area is 162 Å². The molecule has 0 atom stereocenters. The first-order chi connectivity index (χ1) is 13.7. The first kappa shape index (κ1) is 17.7. The Hall–Kier alpha value is -3.66. The van der Waals surface area contributed by atoms with Crippen molar-refractivity contribution in [3.8, 4) is 22.6 Å². The Kier molecular flexibility index (Phi) is 4.53. The van der Waals surface area contributed by atoms with E-state index in [1.807, 2.05) is 60.7 Å². The van der Waals surface area contributed by atoms with Gasteiger partial charge in [0.1, 0.15) is 11.5 Å². The van der Waals surface area contributed by atoms with Crippen LogP contribution in [0.15, 0.2) is 60.7 Å². The van der Waals surface area contributed by atoms with Crippen molar-refractivity contribution >= 4 is 34.1 Å². The molecule has 0 saturated carbocycles. The van der Waals surface area contributed by atoms with Gasteiger partial charge in [-0.25, -0.2) is 0 Å². The number of carbonyl (C=O) groups is 2. The summed E-state index contributed by atoms with van der Waals surface area (Å²) in [6, 6.07) is 19.2. The molecule has 4 nitrogen and oxygen atoms in total. The first-order valence-corrected chi connectivity index (χ1v) is 8.83. The van der Waals surface area contributed by atoms with E-state index in [1.54, 1.807) is 14.2 Å². The summed E-state index contributed by atoms with van der Waals surface area (Å²) >= 11 is 0. The highest BCUT2D eigenvalue weighted by Gasteiger charge is 2.23. The van der Waals surface area contributed by atoms with E-state index in [0.717, 1.165) is 45.2 Å². The van der Waals surface area contributed by atoms with Crippen LogP contribution in [0.4, 0.5) is 0 Å². The summed E-state index contributed by atoms with van der Waals surface area (Å²) in [6.45, 7) is 0. The van der Waals surface area contributed by atoms with Crippen molar-refractivity contribution in [1.82, 2.24) is 0 Å². The maximum Gasteiger partial charge on any atom is 0.153 e. The van der Waals surface area contributed by atoms with E-state index in [0.29, 0.717) is 22.6 Å². The van der Waals surface area contributed by atoms with Crippen LogP contribution < -0.4 is 9.47 Å². The molecule has 4 aromatic carbocycles. The van der Waals surface area contributed by atoms with Gasteiger partial charge in [0, 0.05) is 11.1 Å². The maximum atomic E-state index is 11.8. The van der Waals surface area contributed by atoms with Crippen LogP contribution in [0.1, 0.15) is 20.7 Å². The third-order valence-electron chi connectivity index (χ3n) is 4.97. The molecule has 0 amide bonds. The number of fused-ring (bicyclic) bond motifs is 2. The van der Waals surface area contributed by atoms with Crippen molar-refractivity contribution in [2.75, 3.05) is 14.2 Å². The predicted molar refractivity (Wildman–Crippen MR) is 111 cm³/mol. The van der Waals surface area contributed by atoms with Gasteiger partial charge in [-0.05, 0) is 33.7 Å². The van der Waals surface area contributed by atoms with E-state index in [9.17, 15) is 9.59 Å². The molecule has 138 valence electrons. The molecule has 0 aliphatic carbocycles. The highest BCUT2D eigenvalue weighted by atomic mass is 16.5. The smallest absolute Gasteiger partial charge is 0.153 e. The van der Waals surface area contributed by atoms with Crippen LogP contribution in [-0.2, 0) is 0 Å². The molecule has 0 radical (unpaired) electrons. The normalized spacial score (nSPS) is 10.8. The Balaban J connectivity index is 2.30. The van der Waals surface area contributed by atoms with Gasteiger partial charge in [0.05, 0.1) is 25.3 Å². The summed E-state index contributed by atoms with van der Waals surface area (Å²) < 4.78 is 11.4. The summed E-state index contributed by atoms with van der Waals surface area (Å²) in [5.41, 5.74) is 2.36. The van der Waals surface area contributed by atoms with Gasteiger partial charge in [-0.2, -0.15) is 0 Å². The second kappa shape index (κ2) is 7.16. The van der Waals surface area contributed by atoms with Gasteiger partial charge in [0.15, 0.2) is 12.6 Å². The topological polar surface area (TPSA) is 52.6 Å². The lowest BCUT2D eigenvalue weighted by Gasteiger charge is -2.20. The fourth-order valence-electron chi connectivity index (χ4n) is 3.81. The van der Waals surface area contributed by atoms with E-state index in [2.05, 4.69) is 0 Å². The average Bonchev–Trinajstić information content (AvgIpc) is 2.76. The van der Waals surface area contributed by atoms with Gasteiger partial charge in [0.2, 0.25) is 0 Å². The second-order valence-corrected chi connectivity index (χ2v) is 6.43. The minimum Gasteiger partial charge on any atom is -0.495 e. The fraction of sp³-hybridized carbons (Fsp3) is 0.0833. The number of hydrogen-bond acceptors (Lipinski definition) is 4. The van der Waals surface area contributed by atoms with Crippen molar-refractivity contribution in [1.29, 1.82) is 0 Å². The zero-order chi connectivity index (χ0) is 19.7. The molecule has 0 aliphatic rings. The van der Waals surface area contributed by atoms with E-state index in [-0.39, 0.29) is 0 Å². The van der Waals surface area contributed by atoms with Crippen molar-refractivity contribution in [2.24, 2.45) is 0 Å². The van der Waals surface area contributed by atoms with Crippen LogP contribution in [0.5, 0.6) is 11.5 Å². The Morgan fingerprint density at radius 3 is 1.39 bits per heavy atom. The summed E-state index contributed by atoms with van der Waals surface area (Å²) in [5, 5.41) is 3.64. The molecular weight excluding hydrogens is 352 g/mol. The molecule has 0 unspecified atom stereocenters. The molecule has 0 bridgehead atoms. The van der Waals surface area contributed by atoms with E-state index < -0.39 is 0 Å². The van der Waals surface area contributed by atoms with Crippen LogP contribution in [0.2, 0.25) is 0 Å². The Morgan fingerprint density at radius 2 is 1.04 bits per heavy atom. The molecule has 0 saturated heterocycles. The number of benzene rings is 4. The number of carbonyl (C=O) groups excluding carboxylic acids is 2. The van der Waals surface area contributed by atoms with Crippen molar-refractivity contribution in [3.05, 3.63) is 71.8 Å². The lowest BCUT2D eigenvalue weighted by Crippen LogP contribution is -2.00. The third-order valence-corrected chi connectivity index (χ3v) is 4.97. The molecule has 28 heavy (non-hydrogen) atoms. The summed E-state index contributed by atoms with van der Waals surface area (Å²) in [4.78, 5) is 23.6. The van der Waals surface area contributed by atoms with Crippen LogP contribution in [0.3, 0.4) is 0 Å². The van der Waals surface area contributed by atoms with Crippen LogP contribution in [0, 0.1) is 0 Å². The van der Waals surface area contributed by atoms with Gasteiger partial charge >= 0.3 is 0 Å². The summed E-state index contributed by atoms with van der Waals surface area (Å²) in [5.74, 6) is 0.917. The predicted octanol–water partition coefficient (Wildman–Crippen LogP) is 5.30. The zero-order valence-corrected chi connectivity index (χ0v) is 15.6. The van der Waals surface area contributed by atoms with Gasteiger partial charge in [-0.1, -0.05) is 48.5 Å². The van der Waals surface area contributed by atoms with Crippen LogP contribution in [0.25, 0.3) is 32.7 Å². The molecule has 4 aromatic rings. The lowest BCUT2D eigenvalue weighted by molar-refractivity contribution is 0.111. The van der Waals surface area contributed by atoms with E-state index >= 15 is 0 Å². The molecule has 4 heteroatoms. The molecule has 0 spiro atoms. The van der Waals surface area contributed by atoms with Crippen molar-refractivity contribution in [3.63, 3.8) is 0 Å². The minimum atomic E-state index is 0.443. The number of aldehydes is 2. The van der Waals surface area contributed by atoms with Crippen LogP contribution in [-0.4, -0.2) is 26.8 Å². The molecule has 0 heterocycles. The second-order valence-electron chi connectivity index (χ2n) is 6.43. The Morgan fingerprint density at radius 1 is 0.643 bits per heavy atom. The highest BCUT2D eigenvalue weighted by Crippen LogP contribution is 2.47. The third kappa shape index (κ3) is 2.62. The molecule has 0 aliphatic heterocycles. The Bertz CT molecular complexity index is 1130. The average molecular weight is 370 g/mol. The standard InChI is InChI=1S/C24H18O4/c1-27-23-17(13-25)11-15-7-3-5-9-19(15)21(23)22-20-10-6-4-8-16(20)12-18(14-26)24(22)28-2/h3-14H,1-2H3. The van der Waals surface area contributed by atoms with E-state index in [1.165, 1.54) is 0 Å². The largest absolute Gasteiger partial charge is 0.495 e. The van der Waals surface area contributed by atoms with E-state index in [4.69, 9.17) is 9.47 Å². The molecule has 0 aromatic heterocycles. The maximum absolute atomic E-state index is 11.8. The SMILES string of the molecule is COc1c(C=O)cc2ccccc2c1-c1c(OC)c(C=O)cc2ccccc12.